The molecule has 1 atom stereocenters. The van der Waals surface area contributed by atoms with Crippen LogP contribution >= 0.6 is 0 Å². The molecule has 2 aromatic heterocycles. The molecule has 0 amide bonds. The van der Waals surface area contributed by atoms with Crippen molar-refractivity contribution in [3.05, 3.63) is 27.2 Å². The number of aromatic nitrogens is 4. The van der Waals surface area contributed by atoms with Crippen LogP contribution in [0.3, 0.4) is 0 Å². The standard InChI is InChI=1S/C13H20N4O4/c1-15-11-10(12(20)16(2)13(15)21)17(8-14-11)6-4-3-5-9(19)7-18/h8-9,18-19H,3-7H2,1-2H3. The summed E-state index contributed by atoms with van der Waals surface area (Å²) in [6, 6.07) is 0. The Morgan fingerprint density at radius 1 is 1.24 bits per heavy atom. The SMILES string of the molecule is Cn1c(=O)c2c(ncn2CCCCC(O)CO)n(C)c1=O. The Morgan fingerprint density at radius 3 is 2.62 bits per heavy atom. The Labute approximate surface area is 120 Å². The van der Waals surface area contributed by atoms with Crippen LogP contribution in [-0.4, -0.2) is 41.6 Å². The van der Waals surface area contributed by atoms with Crippen molar-refractivity contribution >= 4 is 11.2 Å². The third kappa shape index (κ3) is 2.91. The van der Waals surface area contributed by atoms with Gasteiger partial charge in [0.15, 0.2) is 11.2 Å². The monoisotopic (exact) mass is 296 g/mol. The summed E-state index contributed by atoms with van der Waals surface area (Å²) in [5.74, 6) is 0. The zero-order valence-electron chi connectivity index (χ0n) is 12.2. The summed E-state index contributed by atoms with van der Waals surface area (Å²) >= 11 is 0. The molecule has 0 bridgehead atoms. The van der Waals surface area contributed by atoms with E-state index in [1.165, 1.54) is 11.6 Å². The van der Waals surface area contributed by atoms with Gasteiger partial charge in [-0.3, -0.25) is 13.9 Å². The van der Waals surface area contributed by atoms with Crippen LogP contribution in [0.1, 0.15) is 19.3 Å². The summed E-state index contributed by atoms with van der Waals surface area (Å²) in [6.45, 7) is 0.332. The Morgan fingerprint density at radius 2 is 1.95 bits per heavy atom. The van der Waals surface area contributed by atoms with Gasteiger partial charge >= 0.3 is 5.69 Å². The van der Waals surface area contributed by atoms with E-state index in [2.05, 4.69) is 4.98 Å². The van der Waals surface area contributed by atoms with Crippen molar-refractivity contribution < 1.29 is 10.2 Å². The van der Waals surface area contributed by atoms with Crippen molar-refractivity contribution in [3.8, 4) is 0 Å². The van der Waals surface area contributed by atoms with Gasteiger partial charge in [-0.1, -0.05) is 0 Å². The molecule has 2 rings (SSSR count). The van der Waals surface area contributed by atoms with Gasteiger partial charge in [0, 0.05) is 20.6 Å². The van der Waals surface area contributed by atoms with Gasteiger partial charge in [0.05, 0.1) is 19.0 Å². The number of nitrogens with zero attached hydrogens (tertiary/aromatic N) is 4. The predicted octanol–water partition coefficient (Wildman–Crippen LogP) is -1.04. The summed E-state index contributed by atoms with van der Waals surface area (Å²) in [7, 11) is 3.03. The molecule has 21 heavy (non-hydrogen) atoms. The third-order valence-electron chi connectivity index (χ3n) is 3.61. The third-order valence-corrected chi connectivity index (χ3v) is 3.61. The highest BCUT2D eigenvalue weighted by atomic mass is 16.3. The average Bonchev–Trinajstić information content (AvgIpc) is 2.91. The molecule has 0 aliphatic heterocycles. The van der Waals surface area contributed by atoms with Crippen LogP contribution in [0.15, 0.2) is 15.9 Å². The van der Waals surface area contributed by atoms with Crippen molar-refractivity contribution in [1.29, 1.82) is 0 Å². The van der Waals surface area contributed by atoms with Crippen molar-refractivity contribution in [2.75, 3.05) is 6.61 Å². The molecule has 0 fully saturated rings. The Kier molecular flexibility index (Phi) is 4.59. The molecule has 0 saturated heterocycles. The molecular weight excluding hydrogens is 276 g/mol. The molecule has 0 aliphatic carbocycles. The maximum Gasteiger partial charge on any atom is 0.332 e. The maximum absolute atomic E-state index is 12.2. The highest BCUT2D eigenvalue weighted by Crippen LogP contribution is 2.08. The number of fused-ring (bicyclic) bond motifs is 1. The Bertz CT molecular complexity index is 743. The van der Waals surface area contributed by atoms with Crippen LogP contribution < -0.4 is 11.2 Å². The van der Waals surface area contributed by atoms with E-state index in [1.807, 2.05) is 0 Å². The van der Waals surface area contributed by atoms with Crippen molar-refractivity contribution in [1.82, 2.24) is 18.7 Å². The minimum absolute atomic E-state index is 0.239. The van der Waals surface area contributed by atoms with Crippen LogP contribution in [0, 0.1) is 0 Å². The molecule has 8 heteroatoms. The molecule has 0 aliphatic rings. The van der Waals surface area contributed by atoms with Crippen LogP contribution in [0.2, 0.25) is 0 Å². The molecule has 0 radical (unpaired) electrons. The number of hydrogen-bond acceptors (Lipinski definition) is 5. The molecule has 0 saturated carbocycles. The fraction of sp³-hybridized carbons (Fsp3) is 0.615. The van der Waals surface area contributed by atoms with Gasteiger partial charge in [0.25, 0.3) is 5.56 Å². The highest BCUT2D eigenvalue weighted by Gasteiger charge is 2.13. The molecule has 2 N–H and O–H groups in total. The van der Waals surface area contributed by atoms with E-state index in [4.69, 9.17) is 5.11 Å². The van der Waals surface area contributed by atoms with Gasteiger partial charge in [-0.05, 0) is 19.3 Å². The minimum Gasteiger partial charge on any atom is -0.394 e. The first kappa shape index (κ1) is 15.5. The number of hydrogen-bond donors (Lipinski definition) is 2. The molecule has 1 unspecified atom stereocenters. The van der Waals surface area contributed by atoms with E-state index in [0.717, 1.165) is 17.4 Å². The lowest BCUT2D eigenvalue weighted by Gasteiger charge is -2.08. The zero-order chi connectivity index (χ0) is 15.6. The van der Waals surface area contributed by atoms with E-state index in [1.54, 1.807) is 17.9 Å². The van der Waals surface area contributed by atoms with Gasteiger partial charge in [0.2, 0.25) is 0 Å². The second-order valence-corrected chi connectivity index (χ2v) is 5.15. The van der Waals surface area contributed by atoms with Crippen LogP contribution in [0.4, 0.5) is 0 Å². The van der Waals surface area contributed by atoms with Gasteiger partial charge in [-0.2, -0.15) is 0 Å². The summed E-state index contributed by atoms with van der Waals surface area (Å²) in [5, 5.41) is 18.0. The quantitative estimate of drug-likeness (QED) is 0.663. The van der Waals surface area contributed by atoms with E-state index in [9.17, 15) is 14.7 Å². The normalized spacial score (nSPS) is 13.0. The zero-order valence-corrected chi connectivity index (χ0v) is 12.2. The lowest BCUT2D eigenvalue weighted by Crippen LogP contribution is -2.37. The Hall–Kier alpha value is -1.93. The first-order valence-corrected chi connectivity index (χ1v) is 6.87. The van der Waals surface area contributed by atoms with Crippen LogP contribution in [0.25, 0.3) is 11.2 Å². The number of unbranched alkanes of at least 4 members (excludes halogenated alkanes) is 1. The first-order valence-electron chi connectivity index (χ1n) is 6.87. The Balaban J connectivity index is 2.23. The lowest BCUT2D eigenvalue weighted by atomic mass is 10.1. The van der Waals surface area contributed by atoms with Crippen molar-refractivity contribution in [2.24, 2.45) is 14.1 Å². The number of aliphatic hydroxyl groups is 2. The van der Waals surface area contributed by atoms with Gasteiger partial charge in [0.1, 0.15) is 0 Å². The van der Waals surface area contributed by atoms with Crippen molar-refractivity contribution in [3.63, 3.8) is 0 Å². The van der Waals surface area contributed by atoms with Crippen molar-refractivity contribution in [2.45, 2.75) is 31.9 Å². The largest absolute Gasteiger partial charge is 0.394 e. The summed E-state index contributed by atoms with van der Waals surface area (Å²) in [6.07, 6.45) is 2.84. The molecule has 116 valence electrons. The minimum atomic E-state index is -0.696. The van der Waals surface area contributed by atoms with Gasteiger partial charge in [-0.15, -0.1) is 0 Å². The van der Waals surface area contributed by atoms with E-state index in [-0.39, 0.29) is 12.2 Å². The number of imidazole rings is 1. The number of aryl methyl sites for hydroxylation is 2. The second-order valence-electron chi connectivity index (χ2n) is 5.15. The van der Waals surface area contributed by atoms with Gasteiger partial charge in [-0.25, -0.2) is 9.78 Å². The predicted molar refractivity (Wildman–Crippen MR) is 77.2 cm³/mol. The smallest absolute Gasteiger partial charge is 0.332 e. The fourth-order valence-corrected chi connectivity index (χ4v) is 2.32. The molecule has 2 heterocycles. The fourth-order valence-electron chi connectivity index (χ4n) is 2.32. The number of rotatable bonds is 6. The molecule has 2 aromatic rings. The van der Waals surface area contributed by atoms with E-state index >= 15 is 0 Å². The van der Waals surface area contributed by atoms with E-state index < -0.39 is 11.8 Å². The summed E-state index contributed by atoms with van der Waals surface area (Å²) < 4.78 is 4.14. The highest BCUT2D eigenvalue weighted by molar-refractivity contribution is 5.69. The maximum atomic E-state index is 12.2. The first-order chi connectivity index (χ1) is 9.97. The second kappa shape index (κ2) is 6.23. The van der Waals surface area contributed by atoms with E-state index in [0.29, 0.717) is 24.1 Å². The number of aliphatic hydroxyl groups excluding tert-OH is 2. The summed E-state index contributed by atoms with van der Waals surface area (Å²) in [4.78, 5) is 28.1. The lowest BCUT2D eigenvalue weighted by molar-refractivity contribution is 0.0859. The molecule has 0 aromatic carbocycles. The van der Waals surface area contributed by atoms with Gasteiger partial charge < -0.3 is 14.8 Å². The topological polar surface area (TPSA) is 102 Å². The van der Waals surface area contributed by atoms with Crippen LogP contribution in [-0.2, 0) is 20.6 Å². The molecule has 0 spiro atoms. The molecular formula is C13H20N4O4. The van der Waals surface area contributed by atoms with Crippen LogP contribution in [0.5, 0.6) is 0 Å². The summed E-state index contributed by atoms with van der Waals surface area (Å²) in [5.41, 5.74) is 0.0191. The average molecular weight is 296 g/mol. The molecule has 8 nitrogen and oxygen atoms in total.